The largest absolute Gasteiger partial charge is 0.445 e. The Labute approximate surface area is 263 Å². The third kappa shape index (κ3) is 7.50. The molecule has 5 rings (SSSR count). The number of likely N-dealkylation sites (tertiary alicyclic amines) is 1. The third-order valence-electron chi connectivity index (χ3n) is 7.39. The van der Waals surface area contributed by atoms with Crippen LogP contribution in [0.2, 0.25) is 0 Å². The second kappa shape index (κ2) is 13.6. The van der Waals surface area contributed by atoms with Crippen molar-refractivity contribution in [3.63, 3.8) is 0 Å². The number of hydrogen-bond donors (Lipinski definition) is 3. The van der Waals surface area contributed by atoms with Gasteiger partial charge in [-0.15, -0.1) is 0 Å². The summed E-state index contributed by atoms with van der Waals surface area (Å²) in [5, 5.41) is 2.54. The standard InChI is InChI=1S/C32H30F2N6O4S/c33-32(34)15-16-39(31(43)44-19-21-9-3-1-4-10-21)25(17-32)24-14-8-7-13-23(24)18-40(28-26(27(35)41)36-20-37-28)30(45)38-29(42)22-11-5-2-6-12-22/h1-14,20,25H,15-19H2,(H2,35,41)(H,36,37)(H,38,42,45). The highest BCUT2D eigenvalue weighted by Gasteiger charge is 2.44. The number of imidazole rings is 1. The van der Waals surface area contributed by atoms with Crippen LogP contribution in [0.5, 0.6) is 0 Å². The van der Waals surface area contributed by atoms with Crippen LogP contribution in [0.15, 0.2) is 91.3 Å². The molecule has 2 heterocycles. The summed E-state index contributed by atoms with van der Waals surface area (Å²) in [6.45, 7) is -0.344. The zero-order valence-corrected chi connectivity index (χ0v) is 24.8. The van der Waals surface area contributed by atoms with Crippen molar-refractivity contribution in [1.29, 1.82) is 0 Å². The molecule has 4 aromatic rings. The lowest BCUT2D eigenvalue weighted by Gasteiger charge is -2.40. The van der Waals surface area contributed by atoms with E-state index in [2.05, 4.69) is 15.3 Å². The molecule has 13 heteroatoms. The zero-order chi connectivity index (χ0) is 32.0. The van der Waals surface area contributed by atoms with Gasteiger partial charge in [-0.05, 0) is 41.0 Å². The molecule has 0 bridgehead atoms. The average Bonchev–Trinajstić information content (AvgIpc) is 3.53. The fourth-order valence-electron chi connectivity index (χ4n) is 5.15. The lowest BCUT2D eigenvalue weighted by molar-refractivity contribution is -0.0754. The predicted molar refractivity (Wildman–Crippen MR) is 166 cm³/mol. The fourth-order valence-corrected chi connectivity index (χ4v) is 5.39. The number of piperidine rings is 1. The van der Waals surface area contributed by atoms with Crippen molar-refractivity contribution in [2.75, 3.05) is 11.4 Å². The normalized spacial score (nSPS) is 15.6. The maximum absolute atomic E-state index is 14.9. The Morgan fingerprint density at radius 1 is 1.04 bits per heavy atom. The molecule has 3 amide bonds. The number of carbonyl (C=O) groups is 3. The minimum Gasteiger partial charge on any atom is -0.445 e. The first-order chi connectivity index (χ1) is 21.6. The van der Waals surface area contributed by atoms with Gasteiger partial charge in [0, 0.05) is 24.9 Å². The number of benzene rings is 3. The Morgan fingerprint density at radius 2 is 1.71 bits per heavy atom. The van der Waals surface area contributed by atoms with E-state index in [0.29, 0.717) is 16.7 Å². The Kier molecular flexibility index (Phi) is 9.48. The van der Waals surface area contributed by atoms with Crippen LogP contribution in [0.1, 0.15) is 56.4 Å². The molecular formula is C32H30F2N6O4S. The van der Waals surface area contributed by atoms with Crippen molar-refractivity contribution in [3.05, 3.63) is 119 Å². The maximum Gasteiger partial charge on any atom is 0.410 e. The van der Waals surface area contributed by atoms with Gasteiger partial charge in [0.05, 0.1) is 18.9 Å². The van der Waals surface area contributed by atoms with Gasteiger partial charge >= 0.3 is 6.09 Å². The summed E-state index contributed by atoms with van der Waals surface area (Å²) in [5.74, 6) is -4.33. The van der Waals surface area contributed by atoms with E-state index < -0.39 is 42.7 Å². The smallest absolute Gasteiger partial charge is 0.410 e. The van der Waals surface area contributed by atoms with Crippen LogP contribution in [0.3, 0.4) is 0 Å². The number of anilines is 1. The second-order valence-corrected chi connectivity index (χ2v) is 10.8. The van der Waals surface area contributed by atoms with Crippen LogP contribution in [0.25, 0.3) is 0 Å². The van der Waals surface area contributed by atoms with Crippen LogP contribution in [0.4, 0.5) is 19.4 Å². The van der Waals surface area contributed by atoms with E-state index in [0.717, 1.165) is 5.56 Å². The zero-order valence-electron chi connectivity index (χ0n) is 24.0. The van der Waals surface area contributed by atoms with Crippen LogP contribution < -0.4 is 16.0 Å². The molecule has 10 nitrogen and oxygen atoms in total. The summed E-state index contributed by atoms with van der Waals surface area (Å²) in [5.41, 5.74) is 7.52. The Hall–Kier alpha value is -5.17. The topological polar surface area (TPSA) is 134 Å². The molecule has 4 N–H and O–H groups in total. The van der Waals surface area contributed by atoms with Gasteiger partial charge in [-0.1, -0.05) is 72.8 Å². The number of carbonyl (C=O) groups excluding carboxylic acids is 3. The summed E-state index contributed by atoms with van der Waals surface area (Å²) in [6, 6.07) is 23.1. The minimum absolute atomic E-state index is 0.0147. The average molecular weight is 633 g/mol. The van der Waals surface area contributed by atoms with Gasteiger partial charge in [0.2, 0.25) is 0 Å². The summed E-state index contributed by atoms with van der Waals surface area (Å²) >= 11 is 5.61. The van der Waals surface area contributed by atoms with Gasteiger partial charge in [-0.2, -0.15) is 0 Å². The first-order valence-corrected chi connectivity index (χ1v) is 14.5. The molecule has 1 atom stereocenters. The number of primary amides is 1. The van der Waals surface area contributed by atoms with Crippen LogP contribution in [-0.4, -0.2) is 50.4 Å². The lowest BCUT2D eigenvalue weighted by Crippen LogP contribution is -2.46. The van der Waals surface area contributed by atoms with Gasteiger partial charge in [0.25, 0.3) is 17.7 Å². The lowest BCUT2D eigenvalue weighted by atomic mass is 9.90. The quantitative estimate of drug-likeness (QED) is 0.223. The van der Waals surface area contributed by atoms with Crippen LogP contribution in [-0.2, 0) is 17.9 Å². The first kappa shape index (κ1) is 31.3. The van der Waals surface area contributed by atoms with E-state index in [1.165, 1.54) is 16.1 Å². The Morgan fingerprint density at radius 3 is 2.42 bits per heavy atom. The van der Waals surface area contributed by atoms with Crippen molar-refractivity contribution in [2.45, 2.75) is 38.0 Å². The number of aromatic nitrogens is 2. The molecule has 232 valence electrons. The Bertz CT molecular complexity index is 1690. The molecule has 1 saturated heterocycles. The number of aromatic amines is 1. The highest BCUT2D eigenvalue weighted by molar-refractivity contribution is 7.80. The molecule has 1 aliphatic rings. The molecule has 1 fully saturated rings. The molecule has 3 aromatic carbocycles. The number of nitrogens with one attached hydrogen (secondary N) is 2. The highest BCUT2D eigenvalue weighted by atomic mass is 32.1. The molecule has 0 spiro atoms. The number of H-pyrrole nitrogens is 1. The number of hydrogen-bond acceptors (Lipinski definition) is 6. The molecular weight excluding hydrogens is 602 g/mol. The summed E-state index contributed by atoms with van der Waals surface area (Å²) in [6.07, 6.45) is -0.611. The number of ether oxygens (including phenoxy) is 1. The van der Waals surface area contributed by atoms with Gasteiger partial charge < -0.3 is 20.4 Å². The SMILES string of the molecule is NC(=O)c1[nH]cnc1N(Cc1ccccc1C1CC(F)(F)CCN1C(=O)OCc1ccccc1)C(=S)NC(=O)c1ccccc1. The molecule has 45 heavy (non-hydrogen) atoms. The van der Waals surface area contributed by atoms with Crippen molar-refractivity contribution in [3.8, 4) is 0 Å². The molecule has 0 saturated carbocycles. The molecule has 0 radical (unpaired) electrons. The van der Waals surface area contributed by atoms with Crippen LogP contribution in [0, 0.1) is 0 Å². The molecule has 0 aliphatic carbocycles. The fraction of sp³-hybridized carbons (Fsp3) is 0.219. The van der Waals surface area contributed by atoms with Crippen molar-refractivity contribution in [2.24, 2.45) is 5.73 Å². The van der Waals surface area contributed by atoms with E-state index in [1.807, 2.05) is 18.2 Å². The number of nitrogens with zero attached hydrogens (tertiary/aromatic N) is 3. The van der Waals surface area contributed by atoms with E-state index in [-0.39, 0.29) is 36.3 Å². The van der Waals surface area contributed by atoms with Gasteiger partial charge in [0.15, 0.2) is 10.9 Å². The van der Waals surface area contributed by atoms with E-state index in [9.17, 15) is 23.2 Å². The van der Waals surface area contributed by atoms with Gasteiger partial charge in [-0.25, -0.2) is 18.6 Å². The Balaban J connectivity index is 1.46. The number of amides is 3. The number of thiocarbonyl (C=S) groups is 1. The van der Waals surface area contributed by atoms with E-state index >= 15 is 0 Å². The number of rotatable bonds is 8. The summed E-state index contributed by atoms with van der Waals surface area (Å²) in [7, 11) is 0. The molecule has 1 aliphatic heterocycles. The van der Waals surface area contributed by atoms with Crippen molar-refractivity contribution < 1.29 is 27.9 Å². The number of nitrogens with two attached hydrogens (primary N) is 1. The summed E-state index contributed by atoms with van der Waals surface area (Å²) in [4.78, 5) is 48.1. The maximum atomic E-state index is 14.9. The summed E-state index contributed by atoms with van der Waals surface area (Å²) < 4.78 is 35.3. The molecule has 1 aromatic heterocycles. The highest BCUT2D eigenvalue weighted by Crippen LogP contribution is 2.41. The molecule has 1 unspecified atom stereocenters. The predicted octanol–water partition coefficient (Wildman–Crippen LogP) is 5.34. The monoisotopic (exact) mass is 632 g/mol. The van der Waals surface area contributed by atoms with E-state index in [1.54, 1.807) is 66.7 Å². The third-order valence-corrected chi connectivity index (χ3v) is 7.71. The van der Waals surface area contributed by atoms with Crippen LogP contribution >= 0.6 is 12.2 Å². The van der Waals surface area contributed by atoms with Crippen molar-refractivity contribution >= 4 is 41.1 Å². The van der Waals surface area contributed by atoms with Crippen molar-refractivity contribution in [1.82, 2.24) is 20.2 Å². The van der Waals surface area contributed by atoms with Gasteiger partial charge in [0.1, 0.15) is 12.3 Å². The first-order valence-electron chi connectivity index (χ1n) is 14.1. The minimum atomic E-state index is -3.03. The van der Waals surface area contributed by atoms with E-state index in [4.69, 9.17) is 22.7 Å². The second-order valence-electron chi connectivity index (χ2n) is 10.4. The number of halogens is 2. The van der Waals surface area contributed by atoms with Gasteiger partial charge in [-0.3, -0.25) is 19.8 Å². The number of alkyl halides is 2.